The summed E-state index contributed by atoms with van der Waals surface area (Å²) in [6.07, 6.45) is 3.93. The van der Waals surface area contributed by atoms with Gasteiger partial charge < -0.3 is 4.74 Å². The molecule has 0 radical (unpaired) electrons. The number of nitro groups is 1. The molecule has 0 amide bonds. The van der Waals surface area contributed by atoms with E-state index in [1.807, 2.05) is 6.92 Å². The maximum atomic E-state index is 11.5. The Balaban J connectivity index is 1.83. The normalized spacial score (nSPS) is 10.3. The molecule has 21 heavy (non-hydrogen) atoms. The lowest BCUT2D eigenvalue weighted by molar-refractivity contribution is -0.384. The number of nitro benzene ring substituents is 1. The molecule has 7 nitrogen and oxygen atoms in total. The van der Waals surface area contributed by atoms with Crippen molar-refractivity contribution < 1.29 is 9.66 Å². The summed E-state index contributed by atoms with van der Waals surface area (Å²) in [5.74, 6) is 0.565. The van der Waals surface area contributed by atoms with Gasteiger partial charge in [-0.3, -0.25) is 14.7 Å². The van der Waals surface area contributed by atoms with Crippen LogP contribution in [-0.4, -0.2) is 21.1 Å². The van der Waals surface area contributed by atoms with E-state index < -0.39 is 4.92 Å². The van der Waals surface area contributed by atoms with E-state index in [9.17, 15) is 14.9 Å². The molecule has 0 N–H and O–H groups in total. The Morgan fingerprint density at radius 2 is 2.05 bits per heavy atom. The molecule has 2 rings (SSSR count). The van der Waals surface area contributed by atoms with E-state index >= 15 is 0 Å². The Morgan fingerprint density at radius 1 is 1.33 bits per heavy atom. The lowest BCUT2D eigenvalue weighted by Crippen LogP contribution is -2.23. The molecule has 0 saturated heterocycles. The van der Waals surface area contributed by atoms with Gasteiger partial charge in [-0.2, -0.15) is 0 Å². The second-order valence-electron chi connectivity index (χ2n) is 4.56. The van der Waals surface area contributed by atoms with Crippen LogP contribution in [0.1, 0.15) is 12.0 Å². The van der Waals surface area contributed by atoms with Gasteiger partial charge in [0, 0.05) is 31.1 Å². The van der Waals surface area contributed by atoms with E-state index in [1.54, 1.807) is 18.3 Å². The molecule has 0 aliphatic rings. The number of hydrogen-bond acceptors (Lipinski definition) is 5. The summed E-state index contributed by atoms with van der Waals surface area (Å²) in [5.41, 5.74) is 0.668. The minimum Gasteiger partial charge on any atom is -0.494 e. The molecule has 1 aromatic carbocycles. The molecule has 0 aliphatic heterocycles. The van der Waals surface area contributed by atoms with Crippen molar-refractivity contribution in [2.45, 2.75) is 19.9 Å². The van der Waals surface area contributed by atoms with E-state index in [2.05, 4.69) is 4.98 Å². The van der Waals surface area contributed by atoms with Gasteiger partial charge in [0.1, 0.15) is 5.75 Å². The fourth-order valence-corrected chi connectivity index (χ4v) is 1.81. The minimum absolute atomic E-state index is 0.0275. The molecule has 0 atom stereocenters. The zero-order valence-corrected chi connectivity index (χ0v) is 11.6. The lowest BCUT2D eigenvalue weighted by Gasteiger charge is -2.07. The van der Waals surface area contributed by atoms with Crippen LogP contribution in [0.4, 0.5) is 5.69 Å². The van der Waals surface area contributed by atoms with Gasteiger partial charge in [0.05, 0.1) is 11.5 Å². The van der Waals surface area contributed by atoms with Crippen LogP contribution in [0.3, 0.4) is 0 Å². The van der Waals surface area contributed by atoms with Gasteiger partial charge in [0.15, 0.2) is 0 Å². The largest absolute Gasteiger partial charge is 0.494 e. The molecule has 0 unspecified atom stereocenters. The number of aryl methyl sites for hydroxylation is 2. The Hall–Kier alpha value is -2.70. The van der Waals surface area contributed by atoms with Crippen LogP contribution >= 0.6 is 0 Å². The van der Waals surface area contributed by atoms with Crippen LogP contribution in [0.5, 0.6) is 5.75 Å². The second-order valence-corrected chi connectivity index (χ2v) is 4.56. The van der Waals surface area contributed by atoms with Crippen LogP contribution in [0, 0.1) is 17.0 Å². The summed E-state index contributed by atoms with van der Waals surface area (Å²) < 4.78 is 7.01. The minimum atomic E-state index is -0.457. The zero-order chi connectivity index (χ0) is 15.2. The standard InChI is InChI=1S/C14H15N3O4/c1-11-9-15-14(18)16(10-11)7-2-8-21-13-5-3-12(4-6-13)17(19)20/h3-6,9-10H,2,7-8H2,1H3. The molecule has 1 aromatic heterocycles. The van der Waals surface area contributed by atoms with Gasteiger partial charge in [0.25, 0.3) is 5.69 Å². The van der Waals surface area contributed by atoms with Gasteiger partial charge in [0.2, 0.25) is 0 Å². The summed E-state index contributed by atoms with van der Waals surface area (Å²) in [5, 5.41) is 10.5. The molecule has 7 heteroatoms. The fraction of sp³-hybridized carbons (Fsp3) is 0.286. The number of ether oxygens (including phenoxy) is 1. The maximum absolute atomic E-state index is 11.5. The average Bonchev–Trinajstić information content (AvgIpc) is 2.47. The van der Waals surface area contributed by atoms with E-state index in [-0.39, 0.29) is 11.4 Å². The van der Waals surface area contributed by atoms with E-state index in [4.69, 9.17) is 4.74 Å². The Kier molecular flexibility index (Phi) is 4.65. The second kappa shape index (κ2) is 6.65. The Labute approximate surface area is 121 Å². The number of non-ortho nitro benzene ring substituents is 1. The molecule has 0 aliphatic carbocycles. The third-order valence-electron chi connectivity index (χ3n) is 2.84. The van der Waals surface area contributed by atoms with Gasteiger partial charge in [-0.05, 0) is 31.0 Å². The predicted octanol–water partition coefficient (Wildman–Crippen LogP) is 1.93. The van der Waals surface area contributed by atoms with Crippen molar-refractivity contribution in [3.8, 4) is 5.75 Å². The van der Waals surface area contributed by atoms with Crippen LogP contribution in [0.15, 0.2) is 41.5 Å². The predicted molar refractivity (Wildman–Crippen MR) is 76.4 cm³/mol. The van der Waals surface area contributed by atoms with Crippen LogP contribution in [-0.2, 0) is 6.54 Å². The number of nitrogens with zero attached hydrogens (tertiary/aromatic N) is 3. The number of benzene rings is 1. The third kappa shape index (κ3) is 4.13. The molecular formula is C14H15N3O4. The van der Waals surface area contributed by atoms with Crippen molar-refractivity contribution in [1.82, 2.24) is 9.55 Å². The smallest absolute Gasteiger partial charge is 0.347 e. The van der Waals surface area contributed by atoms with Gasteiger partial charge in [-0.25, -0.2) is 9.78 Å². The molecule has 0 bridgehead atoms. The first kappa shape index (κ1) is 14.7. The van der Waals surface area contributed by atoms with Crippen LogP contribution in [0.25, 0.3) is 0 Å². The van der Waals surface area contributed by atoms with Crippen LogP contribution in [0.2, 0.25) is 0 Å². The van der Waals surface area contributed by atoms with Crippen LogP contribution < -0.4 is 10.4 Å². The highest BCUT2D eigenvalue weighted by Gasteiger charge is 2.04. The first-order valence-corrected chi connectivity index (χ1v) is 6.46. The molecule has 0 saturated carbocycles. The van der Waals surface area contributed by atoms with Crippen molar-refractivity contribution in [3.63, 3.8) is 0 Å². The Bertz CT molecular complexity index is 679. The summed E-state index contributed by atoms with van der Waals surface area (Å²) in [4.78, 5) is 25.3. The summed E-state index contributed by atoms with van der Waals surface area (Å²) in [6.45, 7) is 2.80. The number of aromatic nitrogens is 2. The Morgan fingerprint density at radius 3 is 2.71 bits per heavy atom. The zero-order valence-electron chi connectivity index (χ0n) is 11.6. The fourth-order valence-electron chi connectivity index (χ4n) is 1.81. The molecular weight excluding hydrogens is 274 g/mol. The van der Waals surface area contributed by atoms with Crippen molar-refractivity contribution in [3.05, 3.63) is 62.8 Å². The van der Waals surface area contributed by atoms with E-state index in [0.717, 1.165) is 5.56 Å². The highest BCUT2D eigenvalue weighted by Crippen LogP contribution is 2.17. The van der Waals surface area contributed by atoms with Gasteiger partial charge in [-0.1, -0.05) is 0 Å². The van der Waals surface area contributed by atoms with E-state index in [1.165, 1.54) is 22.9 Å². The number of rotatable bonds is 6. The highest BCUT2D eigenvalue weighted by molar-refractivity contribution is 5.35. The number of hydrogen-bond donors (Lipinski definition) is 0. The van der Waals surface area contributed by atoms with Gasteiger partial charge >= 0.3 is 5.69 Å². The quantitative estimate of drug-likeness (QED) is 0.460. The molecule has 0 fully saturated rings. The highest BCUT2D eigenvalue weighted by atomic mass is 16.6. The van der Waals surface area contributed by atoms with Gasteiger partial charge in [-0.15, -0.1) is 0 Å². The van der Waals surface area contributed by atoms with Crippen molar-refractivity contribution >= 4 is 5.69 Å². The lowest BCUT2D eigenvalue weighted by atomic mass is 10.3. The van der Waals surface area contributed by atoms with E-state index in [0.29, 0.717) is 25.3 Å². The molecule has 0 spiro atoms. The third-order valence-corrected chi connectivity index (χ3v) is 2.84. The van der Waals surface area contributed by atoms with Crippen molar-refractivity contribution in [1.29, 1.82) is 0 Å². The molecule has 1 heterocycles. The summed E-state index contributed by atoms with van der Waals surface area (Å²) >= 11 is 0. The first-order valence-electron chi connectivity index (χ1n) is 6.46. The monoisotopic (exact) mass is 289 g/mol. The summed E-state index contributed by atoms with van der Waals surface area (Å²) in [7, 11) is 0. The average molecular weight is 289 g/mol. The molecule has 110 valence electrons. The van der Waals surface area contributed by atoms with Crippen molar-refractivity contribution in [2.75, 3.05) is 6.61 Å². The molecule has 2 aromatic rings. The van der Waals surface area contributed by atoms with Crippen molar-refractivity contribution in [2.24, 2.45) is 0 Å². The maximum Gasteiger partial charge on any atom is 0.347 e. The summed E-state index contributed by atoms with van der Waals surface area (Å²) in [6, 6.07) is 5.89. The first-order chi connectivity index (χ1) is 10.1. The SMILES string of the molecule is Cc1cnc(=O)n(CCCOc2ccc([N+](=O)[O-])cc2)c1. The topological polar surface area (TPSA) is 87.3 Å².